The molecule has 0 aliphatic rings. The molecule has 19 heavy (non-hydrogen) atoms. The maximum Gasteiger partial charge on any atom is 0.247 e. The Labute approximate surface area is 112 Å². The average Bonchev–Trinajstić information content (AvgIpc) is 2.84. The van der Waals surface area contributed by atoms with E-state index in [4.69, 9.17) is 4.42 Å². The van der Waals surface area contributed by atoms with Crippen LogP contribution in [0, 0.1) is 5.82 Å². The van der Waals surface area contributed by atoms with Gasteiger partial charge in [-0.3, -0.25) is 0 Å². The third-order valence-corrected chi connectivity index (χ3v) is 2.68. The van der Waals surface area contributed by atoms with Gasteiger partial charge >= 0.3 is 0 Å². The minimum absolute atomic E-state index is 0.275. The summed E-state index contributed by atoms with van der Waals surface area (Å²) >= 11 is 0. The van der Waals surface area contributed by atoms with Gasteiger partial charge in [-0.2, -0.15) is 0 Å². The van der Waals surface area contributed by atoms with Crippen molar-refractivity contribution in [3.8, 4) is 11.5 Å². The van der Waals surface area contributed by atoms with Crippen LogP contribution in [0.15, 0.2) is 28.7 Å². The number of halogens is 1. The van der Waals surface area contributed by atoms with Crippen molar-refractivity contribution in [1.29, 1.82) is 0 Å². The zero-order valence-corrected chi connectivity index (χ0v) is 11.2. The fourth-order valence-corrected chi connectivity index (χ4v) is 1.69. The van der Waals surface area contributed by atoms with Gasteiger partial charge in [0, 0.05) is 18.0 Å². The molecule has 0 saturated carbocycles. The van der Waals surface area contributed by atoms with E-state index in [1.54, 1.807) is 12.1 Å². The molecule has 0 saturated heterocycles. The van der Waals surface area contributed by atoms with Gasteiger partial charge < -0.3 is 9.73 Å². The summed E-state index contributed by atoms with van der Waals surface area (Å²) in [7, 11) is 0. The molecule has 1 N–H and O–H groups in total. The number of hydrogen-bond donors (Lipinski definition) is 1. The SMILES string of the molecule is CC(C)NCCCc1nnc(-c2ccc(F)cc2)o1. The second kappa shape index (κ2) is 6.43. The Hall–Kier alpha value is -1.75. The minimum atomic E-state index is -0.275. The van der Waals surface area contributed by atoms with Gasteiger partial charge in [0.25, 0.3) is 0 Å². The first-order valence-corrected chi connectivity index (χ1v) is 6.47. The molecule has 0 spiro atoms. The van der Waals surface area contributed by atoms with Crippen LogP contribution in [0.4, 0.5) is 4.39 Å². The molecule has 0 aliphatic heterocycles. The van der Waals surface area contributed by atoms with Gasteiger partial charge in [0.2, 0.25) is 11.8 Å². The van der Waals surface area contributed by atoms with Gasteiger partial charge in [0.1, 0.15) is 5.82 Å². The first-order chi connectivity index (χ1) is 9.15. The van der Waals surface area contributed by atoms with Crippen molar-refractivity contribution in [3.05, 3.63) is 36.0 Å². The Morgan fingerprint density at radius 3 is 2.63 bits per heavy atom. The molecule has 2 aromatic rings. The lowest BCUT2D eigenvalue weighted by Crippen LogP contribution is -2.23. The quantitative estimate of drug-likeness (QED) is 0.814. The molecule has 1 aromatic carbocycles. The molecule has 0 aliphatic carbocycles. The average molecular weight is 263 g/mol. The van der Waals surface area contributed by atoms with Gasteiger partial charge in [0.15, 0.2) is 0 Å². The van der Waals surface area contributed by atoms with E-state index in [9.17, 15) is 4.39 Å². The molecule has 0 bridgehead atoms. The molecule has 4 nitrogen and oxygen atoms in total. The van der Waals surface area contributed by atoms with Gasteiger partial charge in [0.05, 0.1) is 0 Å². The number of benzene rings is 1. The molecule has 1 heterocycles. The van der Waals surface area contributed by atoms with Crippen LogP contribution in [0.1, 0.15) is 26.2 Å². The second-order valence-corrected chi connectivity index (χ2v) is 4.72. The molecule has 0 amide bonds. The molecule has 102 valence electrons. The summed E-state index contributed by atoms with van der Waals surface area (Å²) in [6.45, 7) is 5.14. The molecule has 0 fully saturated rings. The fraction of sp³-hybridized carbons (Fsp3) is 0.429. The Kier molecular flexibility index (Phi) is 4.63. The van der Waals surface area contributed by atoms with Crippen LogP contribution in [0.2, 0.25) is 0 Å². The molecule has 1 aromatic heterocycles. The molecular formula is C14H18FN3O. The molecular weight excluding hydrogens is 245 g/mol. The van der Waals surface area contributed by atoms with Crippen LogP contribution in [0.3, 0.4) is 0 Å². The van der Waals surface area contributed by atoms with Gasteiger partial charge in [-0.25, -0.2) is 4.39 Å². The third-order valence-electron chi connectivity index (χ3n) is 2.68. The fourth-order valence-electron chi connectivity index (χ4n) is 1.69. The highest BCUT2D eigenvalue weighted by molar-refractivity contribution is 5.51. The smallest absolute Gasteiger partial charge is 0.247 e. The zero-order chi connectivity index (χ0) is 13.7. The first kappa shape index (κ1) is 13.7. The highest BCUT2D eigenvalue weighted by Crippen LogP contribution is 2.18. The largest absolute Gasteiger partial charge is 0.421 e. The lowest BCUT2D eigenvalue weighted by Gasteiger charge is -2.05. The Balaban J connectivity index is 1.90. The van der Waals surface area contributed by atoms with Crippen LogP contribution in [0.25, 0.3) is 11.5 Å². The summed E-state index contributed by atoms with van der Waals surface area (Å²) in [5, 5.41) is 11.3. The van der Waals surface area contributed by atoms with E-state index >= 15 is 0 Å². The Bertz CT molecular complexity index is 508. The number of nitrogens with zero attached hydrogens (tertiary/aromatic N) is 2. The summed E-state index contributed by atoms with van der Waals surface area (Å²) in [5.74, 6) is 0.778. The molecule has 5 heteroatoms. The second-order valence-electron chi connectivity index (χ2n) is 4.72. The van der Waals surface area contributed by atoms with E-state index in [2.05, 4.69) is 29.4 Å². The number of hydrogen-bond acceptors (Lipinski definition) is 4. The number of aryl methyl sites for hydroxylation is 1. The number of nitrogens with one attached hydrogen (secondary N) is 1. The topological polar surface area (TPSA) is 51.0 Å². The summed E-state index contributed by atoms with van der Waals surface area (Å²) in [4.78, 5) is 0. The van der Waals surface area contributed by atoms with Crippen molar-refractivity contribution in [2.75, 3.05) is 6.54 Å². The molecule has 0 unspecified atom stereocenters. The van der Waals surface area contributed by atoms with E-state index in [1.165, 1.54) is 12.1 Å². The summed E-state index contributed by atoms with van der Waals surface area (Å²) in [6, 6.07) is 6.51. The number of aromatic nitrogens is 2. The van der Waals surface area contributed by atoms with E-state index in [-0.39, 0.29) is 5.82 Å². The highest BCUT2D eigenvalue weighted by atomic mass is 19.1. The van der Waals surface area contributed by atoms with Crippen molar-refractivity contribution < 1.29 is 8.81 Å². The predicted octanol–water partition coefficient (Wildman–Crippen LogP) is 2.81. The van der Waals surface area contributed by atoms with Crippen molar-refractivity contribution in [3.63, 3.8) is 0 Å². The normalized spacial score (nSPS) is 11.2. The van der Waals surface area contributed by atoms with Gasteiger partial charge in [-0.15, -0.1) is 10.2 Å². The van der Waals surface area contributed by atoms with Crippen LogP contribution < -0.4 is 5.32 Å². The van der Waals surface area contributed by atoms with E-state index in [0.29, 0.717) is 17.8 Å². The summed E-state index contributed by atoms with van der Waals surface area (Å²) in [6.07, 6.45) is 1.69. The standard InChI is InChI=1S/C14H18FN3O/c1-10(2)16-9-3-4-13-17-18-14(19-13)11-5-7-12(15)8-6-11/h5-8,10,16H,3-4,9H2,1-2H3. The lowest BCUT2D eigenvalue weighted by molar-refractivity contribution is 0.484. The Morgan fingerprint density at radius 1 is 1.21 bits per heavy atom. The number of rotatable bonds is 6. The van der Waals surface area contributed by atoms with E-state index < -0.39 is 0 Å². The monoisotopic (exact) mass is 263 g/mol. The zero-order valence-electron chi connectivity index (χ0n) is 11.2. The van der Waals surface area contributed by atoms with Crippen LogP contribution >= 0.6 is 0 Å². The van der Waals surface area contributed by atoms with Crippen molar-refractivity contribution in [2.45, 2.75) is 32.7 Å². The first-order valence-electron chi connectivity index (χ1n) is 6.47. The maximum absolute atomic E-state index is 12.8. The minimum Gasteiger partial charge on any atom is -0.421 e. The third kappa shape index (κ3) is 4.13. The van der Waals surface area contributed by atoms with Crippen LogP contribution in [-0.2, 0) is 6.42 Å². The van der Waals surface area contributed by atoms with Crippen molar-refractivity contribution >= 4 is 0 Å². The summed E-state index contributed by atoms with van der Waals surface area (Å²) in [5.41, 5.74) is 0.737. The van der Waals surface area contributed by atoms with Crippen molar-refractivity contribution in [2.24, 2.45) is 0 Å². The van der Waals surface area contributed by atoms with Gasteiger partial charge in [-0.05, 0) is 37.2 Å². The summed E-state index contributed by atoms with van der Waals surface area (Å²) < 4.78 is 18.3. The van der Waals surface area contributed by atoms with E-state index in [0.717, 1.165) is 24.9 Å². The van der Waals surface area contributed by atoms with Gasteiger partial charge in [-0.1, -0.05) is 13.8 Å². The van der Waals surface area contributed by atoms with Crippen molar-refractivity contribution in [1.82, 2.24) is 15.5 Å². The molecule has 0 atom stereocenters. The lowest BCUT2D eigenvalue weighted by atomic mass is 10.2. The Morgan fingerprint density at radius 2 is 1.95 bits per heavy atom. The predicted molar refractivity (Wildman–Crippen MR) is 71.2 cm³/mol. The maximum atomic E-state index is 12.8. The van der Waals surface area contributed by atoms with E-state index in [1.807, 2.05) is 0 Å². The van der Waals surface area contributed by atoms with Crippen LogP contribution in [0.5, 0.6) is 0 Å². The molecule has 0 radical (unpaired) electrons. The highest BCUT2D eigenvalue weighted by Gasteiger charge is 2.08. The molecule has 2 rings (SSSR count). The van der Waals surface area contributed by atoms with Crippen LogP contribution in [-0.4, -0.2) is 22.8 Å².